The zero-order valence-corrected chi connectivity index (χ0v) is 12.8. The summed E-state index contributed by atoms with van der Waals surface area (Å²) in [6, 6.07) is 5.14. The Balaban J connectivity index is 2.02. The van der Waals surface area contributed by atoms with Crippen molar-refractivity contribution in [3.05, 3.63) is 47.5 Å². The van der Waals surface area contributed by atoms with Crippen molar-refractivity contribution in [2.45, 2.75) is 24.7 Å². The molecule has 0 saturated carbocycles. The molecule has 0 amide bonds. The molecule has 126 valence electrons. The molecule has 0 bridgehead atoms. The number of aromatic nitrogens is 2. The van der Waals surface area contributed by atoms with Crippen LogP contribution >= 0.6 is 0 Å². The number of anilines is 1. The van der Waals surface area contributed by atoms with Gasteiger partial charge in [-0.25, -0.2) is 4.98 Å². The number of benzene rings is 1. The van der Waals surface area contributed by atoms with Crippen LogP contribution in [0.5, 0.6) is 0 Å². The first kappa shape index (κ1) is 16.3. The van der Waals surface area contributed by atoms with E-state index < -0.39 is 11.7 Å². The van der Waals surface area contributed by atoms with E-state index in [2.05, 4.69) is 9.97 Å². The zero-order chi connectivity index (χ0) is 17.3. The lowest BCUT2D eigenvalue weighted by Crippen LogP contribution is -2.26. The Morgan fingerprint density at radius 2 is 2.21 bits per heavy atom. The van der Waals surface area contributed by atoms with Gasteiger partial charge in [0.15, 0.2) is 0 Å². The molecule has 0 radical (unpaired) electrons. The summed E-state index contributed by atoms with van der Waals surface area (Å²) >= 11 is 0. The van der Waals surface area contributed by atoms with Crippen molar-refractivity contribution in [2.24, 2.45) is 0 Å². The van der Waals surface area contributed by atoms with Gasteiger partial charge in [0.25, 0.3) is 0 Å². The molecule has 1 fully saturated rings. The van der Waals surface area contributed by atoms with E-state index in [1.54, 1.807) is 25.6 Å². The number of ether oxygens (including phenoxy) is 1. The highest BCUT2D eigenvalue weighted by Gasteiger charge is 2.38. The number of nitrogens with one attached hydrogen (secondary N) is 1. The molecular weight excluding hydrogens is 321 g/mol. The van der Waals surface area contributed by atoms with Gasteiger partial charge in [0.1, 0.15) is 5.82 Å². The van der Waals surface area contributed by atoms with Gasteiger partial charge in [-0.2, -0.15) is 18.4 Å². The molecular formula is C16H15F3N4O. The summed E-state index contributed by atoms with van der Waals surface area (Å²) < 4.78 is 45.0. The number of hydrogen-bond acceptors (Lipinski definition) is 4. The lowest BCUT2D eigenvalue weighted by atomic mass is 10.1. The maximum atomic E-state index is 13.2. The summed E-state index contributed by atoms with van der Waals surface area (Å²) in [5.74, 6) is 0.674. The molecule has 0 aliphatic carbocycles. The number of nitriles is 1. The standard InChI is InChI=1S/C16H15F3N4O/c1-24-12-7-14(15-21-4-5-22-15)23(9-12)11-3-2-10(8-20)13(6-11)16(17,18)19/h2-6,12,14H,7,9H2,1H3,(H,21,22)/t12-,14?/m1/s1. The summed E-state index contributed by atoms with van der Waals surface area (Å²) in [5, 5.41) is 8.92. The quantitative estimate of drug-likeness (QED) is 0.934. The van der Waals surface area contributed by atoms with Crippen molar-refractivity contribution in [1.82, 2.24) is 9.97 Å². The second-order valence-corrected chi connectivity index (χ2v) is 5.58. The van der Waals surface area contributed by atoms with Crippen LogP contribution in [0, 0.1) is 11.3 Å². The number of imidazole rings is 1. The molecule has 1 aliphatic rings. The fraction of sp³-hybridized carbons (Fsp3) is 0.375. The Morgan fingerprint density at radius 3 is 2.79 bits per heavy atom. The van der Waals surface area contributed by atoms with Crippen molar-refractivity contribution in [3.63, 3.8) is 0 Å². The van der Waals surface area contributed by atoms with Crippen LogP contribution in [-0.4, -0.2) is 29.7 Å². The van der Waals surface area contributed by atoms with E-state index in [4.69, 9.17) is 10.00 Å². The van der Waals surface area contributed by atoms with Gasteiger partial charge in [-0.3, -0.25) is 0 Å². The number of aromatic amines is 1. The minimum Gasteiger partial charge on any atom is -0.380 e. The minimum absolute atomic E-state index is 0.106. The summed E-state index contributed by atoms with van der Waals surface area (Å²) in [5.41, 5.74) is -0.924. The Labute approximate surface area is 136 Å². The molecule has 2 aromatic rings. The van der Waals surface area contributed by atoms with Crippen LogP contribution in [0.15, 0.2) is 30.6 Å². The average Bonchev–Trinajstić information content (AvgIpc) is 3.22. The van der Waals surface area contributed by atoms with Crippen molar-refractivity contribution in [3.8, 4) is 6.07 Å². The molecule has 1 N–H and O–H groups in total. The average molecular weight is 336 g/mol. The molecule has 8 heteroatoms. The molecule has 2 atom stereocenters. The van der Waals surface area contributed by atoms with Gasteiger partial charge in [0.05, 0.1) is 29.3 Å². The first-order chi connectivity index (χ1) is 11.4. The summed E-state index contributed by atoms with van der Waals surface area (Å²) in [4.78, 5) is 9.05. The highest BCUT2D eigenvalue weighted by atomic mass is 19.4. The molecule has 0 spiro atoms. The molecule has 24 heavy (non-hydrogen) atoms. The van der Waals surface area contributed by atoms with E-state index in [0.29, 0.717) is 24.5 Å². The van der Waals surface area contributed by atoms with E-state index in [1.165, 1.54) is 12.1 Å². The van der Waals surface area contributed by atoms with Crippen LogP contribution < -0.4 is 4.90 Å². The molecule has 2 heterocycles. The SMILES string of the molecule is CO[C@@H]1CC(c2ncc[nH]2)N(c2ccc(C#N)c(C(F)(F)F)c2)C1. The second-order valence-electron chi connectivity index (χ2n) is 5.58. The maximum absolute atomic E-state index is 13.2. The van der Waals surface area contributed by atoms with Crippen molar-refractivity contribution >= 4 is 5.69 Å². The molecule has 1 aliphatic heterocycles. The molecule has 1 aromatic heterocycles. The van der Waals surface area contributed by atoms with Gasteiger partial charge in [0, 0.05) is 38.2 Å². The molecule has 1 unspecified atom stereocenters. The molecule has 5 nitrogen and oxygen atoms in total. The third-order valence-electron chi connectivity index (χ3n) is 4.19. The number of halogens is 3. The Kier molecular flexibility index (Phi) is 4.20. The van der Waals surface area contributed by atoms with Crippen LogP contribution in [-0.2, 0) is 10.9 Å². The minimum atomic E-state index is -4.58. The Hall–Kier alpha value is -2.53. The zero-order valence-electron chi connectivity index (χ0n) is 12.8. The second kappa shape index (κ2) is 6.17. The summed E-state index contributed by atoms with van der Waals surface area (Å²) in [7, 11) is 1.58. The monoisotopic (exact) mass is 336 g/mol. The Morgan fingerprint density at radius 1 is 1.42 bits per heavy atom. The van der Waals surface area contributed by atoms with E-state index in [1.807, 2.05) is 4.90 Å². The number of H-pyrrole nitrogens is 1. The van der Waals surface area contributed by atoms with Crippen molar-refractivity contribution in [2.75, 3.05) is 18.6 Å². The predicted octanol–water partition coefficient (Wildman–Crippen LogP) is 3.27. The number of rotatable bonds is 3. The molecule has 3 rings (SSSR count). The van der Waals surface area contributed by atoms with Gasteiger partial charge >= 0.3 is 6.18 Å². The number of alkyl halides is 3. The van der Waals surface area contributed by atoms with E-state index in [-0.39, 0.29) is 17.7 Å². The lowest BCUT2D eigenvalue weighted by Gasteiger charge is -2.26. The van der Waals surface area contributed by atoms with Crippen LogP contribution in [0.2, 0.25) is 0 Å². The topological polar surface area (TPSA) is 64.9 Å². The number of hydrogen-bond donors (Lipinski definition) is 1. The highest BCUT2D eigenvalue weighted by molar-refractivity contribution is 5.56. The smallest absolute Gasteiger partial charge is 0.380 e. The third-order valence-corrected chi connectivity index (χ3v) is 4.19. The Bertz CT molecular complexity index is 752. The van der Waals surface area contributed by atoms with Crippen LogP contribution in [0.1, 0.15) is 29.4 Å². The van der Waals surface area contributed by atoms with Crippen LogP contribution in [0.3, 0.4) is 0 Å². The largest absolute Gasteiger partial charge is 0.417 e. The van der Waals surface area contributed by atoms with E-state index in [0.717, 1.165) is 6.07 Å². The van der Waals surface area contributed by atoms with Crippen molar-refractivity contribution < 1.29 is 17.9 Å². The van der Waals surface area contributed by atoms with Gasteiger partial charge in [0.2, 0.25) is 0 Å². The number of methoxy groups -OCH3 is 1. The fourth-order valence-corrected chi connectivity index (χ4v) is 3.02. The summed E-state index contributed by atoms with van der Waals surface area (Å²) in [6.45, 7) is 0.449. The lowest BCUT2D eigenvalue weighted by molar-refractivity contribution is -0.137. The first-order valence-electron chi connectivity index (χ1n) is 7.34. The normalized spacial score (nSPS) is 21.0. The van der Waals surface area contributed by atoms with E-state index >= 15 is 0 Å². The third kappa shape index (κ3) is 2.95. The first-order valence-corrected chi connectivity index (χ1v) is 7.34. The number of nitrogens with zero attached hydrogens (tertiary/aromatic N) is 3. The van der Waals surface area contributed by atoms with Gasteiger partial charge in [-0.05, 0) is 18.2 Å². The molecule has 1 aromatic carbocycles. The van der Waals surface area contributed by atoms with Gasteiger partial charge in [-0.15, -0.1) is 0 Å². The van der Waals surface area contributed by atoms with Crippen molar-refractivity contribution in [1.29, 1.82) is 5.26 Å². The van der Waals surface area contributed by atoms with Gasteiger partial charge in [-0.1, -0.05) is 0 Å². The van der Waals surface area contributed by atoms with E-state index in [9.17, 15) is 13.2 Å². The highest BCUT2D eigenvalue weighted by Crippen LogP contribution is 2.39. The predicted molar refractivity (Wildman–Crippen MR) is 80.2 cm³/mol. The summed E-state index contributed by atoms with van der Waals surface area (Å²) in [6.07, 6.45) is -0.793. The fourth-order valence-electron chi connectivity index (χ4n) is 3.02. The van der Waals surface area contributed by atoms with Gasteiger partial charge < -0.3 is 14.6 Å². The molecule has 1 saturated heterocycles. The van der Waals surface area contributed by atoms with Crippen LogP contribution in [0.4, 0.5) is 18.9 Å². The maximum Gasteiger partial charge on any atom is 0.417 e. The van der Waals surface area contributed by atoms with Crippen LogP contribution in [0.25, 0.3) is 0 Å².